The molecule has 1 fully saturated rings. The van der Waals surface area contributed by atoms with Gasteiger partial charge >= 0.3 is 5.97 Å². The maximum absolute atomic E-state index is 11.3. The maximum atomic E-state index is 11.3. The Kier molecular flexibility index (Phi) is 7.87. The summed E-state index contributed by atoms with van der Waals surface area (Å²) in [4.78, 5) is 25.9. The molecule has 220 valence electrons. The first-order valence-corrected chi connectivity index (χ1v) is 14.8. The monoisotopic (exact) mass is 597 g/mol. The molecule has 43 heavy (non-hydrogen) atoms. The molecule has 5 aromatic rings. The highest BCUT2D eigenvalue weighted by Gasteiger charge is 2.39. The zero-order chi connectivity index (χ0) is 30.0. The predicted octanol–water partition coefficient (Wildman–Crippen LogP) is 5.43. The lowest BCUT2D eigenvalue weighted by atomic mass is 9.79. The van der Waals surface area contributed by atoms with Gasteiger partial charge in [-0.3, -0.25) is 4.79 Å². The number of nitrogens with one attached hydrogen (secondary N) is 1. The summed E-state index contributed by atoms with van der Waals surface area (Å²) in [6, 6.07) is 15.7. The van der Waals surface area contributed by atoms with Crippen LogP contribution in [0.1, 0.15) is 41.8 Å². The van der Waals surface area contributed by atoms with Gasteiger partial charge in [0.1, 0.15) is 22.1 Å². The Hall–Kier alpha value is -4.68. The number of nitrogens with zero attached hydrogens (tertiary/aromatic N) is 6. The quantitative estimate of drug-likeness (QED) is 0.201. The molecule has 3 heterocycles. The highest BCUT2D eigenvalue weighted by Crippen LogP contribution is 2.43. The van der Waals surface area contributed by atoms with Crippen LogP contribution in [0.25, 0.3) is 21.8 Å². The summed E-state index contributed by atoms with van der Waals surface area (Å²) < 4.78 is 6.99. The van der Waals surface area contributed by atoms with Crippen LogP contribution in [0.5, 0.6) is 5.75 Å². The molecule has 1 aliphatic carbocycles. The molecule has 0 unspecified atom stereocenters. The lowest BCUT2D eigenvalue weighted by Crippen LogP contribution is -2.33. The number of hydrogen-bond donors (Lipinski definition) is 3. The molecule has 3 aromatic heterocycles. The van der Waals surface area contributed by atoms with Crippen LogP contribution in [0.2, 0.25) is 0 Å². The number of aliphatic hydroxyl groups is 1. The van der Waals surface area contributed by atoms with Crippen LogP contribution in [-0.2, 0) is 16.9 Å². The van der Waals surface area contributed by atoms with Crippen molar-refractivity contribution < 1.29 is 19.7 Å². The summed E-state index contributed by atoms with van der Waals surface area (Å²) in [5.41, 5.74) is 4.06. The van der Waals surface area contributed by atoms with E-state index in [9.17, 15) is 15.0 Å². The minimum Gasteiger partial charge on any atom is -0.497 e. The van der Waals surface area contributed by atoms with E-state index in [1.54, 1.807) is 30.3 Å². The number of thiazole rings is 1. The molecular formula is C31H31N7O4S. The van der Waals surface area contributed by atoms with Crippen molar-refractivity contribution in [1.82, 2.24) is 29.9 Å². The Morgan fingerprint density at radius 3 is 2.65 bits per heavy atom. The van der Waals surface area contributed by atoms with Crippen LogP contribution in [0.15, 0.2) is 67.1 Å². The van der Waals surface area contributed by atoms with E-state index in [1.165, 1.54) is 11.3 Å². The highest BCUT2D eigenvalue weighted by atomic mass is 32.1. The van der Waals surface area contributed by atoms with Crippen LogP contribution in [0, 0.1) is 12.8 Å². The van der Waals surface area contributed by atoms with Crippen molar-refractivity contribution in [2.75, 3.05) is 12.4 Å². The smallest absolute Gasteiger partial charge is 0.306 e. The fourth-order valence-electron chi connectivity index (χ4n) is 5.28. The van der Waals surface area contributed by atoms with Gasteiger partial charge in [-0.15, -0.1) is 16.4 Å². The first-order valence-electron chi connectivity index (χ1n) is 13.9. The van der Waals surface area contributed by atoms with E-state index < -0.39 is 17.5 Å². The number of ether oxygens (including phenoxy) is 1. The molecule has 1 aliphatic rings. The van der Waals surface area contributed by atoms with Gasteiger partial charge in [0.25, 0.3) is 0 Å². The van der Waals surface area contributed by atoms with E-state index in [2.05, 4.69) is 36.6 Å². The number of anilines is 2. The normalized spacial score (nSPS) is 18.3. The molecular weight excluding hydrogens is 566 g/mol. The number of carbonyl (C=O) groups is 1. The number of benzene rings is 2. The number of hydrogen-bond acceptors (Lipinski definition) is 10. The largest absolute Gasteiger partial charge is 0.497 e. The van der Waals surface area contributed by atoms with Gasteiger partial charge in [-0.05, 0) is 79.6 Å². The summed E-state index contributed by atoms with van der Waals surface area (Å²) in [7, 11) is 1.64. The second-order valence-electron chi connectivity index (χ2n) is 10.8. The number of aromatic nitrogens is 6. The fourth-order valence-corrected chi connectivity index (χ4v) is 6.33. The zero-order valence-electron chi connectivity index (χ0n) is 23.8. The average Bonchev–Trinajstić information content (AvgIpc) is 3.69. The van der Waals surface area contributed by atoms with Crippen LogP contribution in [0.4, 0.5) is 11.6 Å². The molecule has 0 atom stereocenters. The molecule has 12 heteroatoms. The van der Waals surface area contributed by atoms with Gasteiger partial charge in [0.15, 0.2) is 0 Å². The highest BCUT2D eigenvalue weighted by molar-refractivity contribution is 7.15. The molecule has 0 radical (unpaired) electrons. The number of aliphatic carboxylic acids is 1. The van der Waals surface area contributed by atoms with Crippen LogP contribution in [-0.4, -0.2) is 53.2 Å². The number of aryl methyl sites for hydroxylation is 1. The van der Waals surface area contributed by atoms with Gasteiger partial charge in [-0.25, -0.2) is 19.6 Å². The number of methoxy groups -OCH3 is 1. The fraction of sp³-hybridized carbons (Fsp3) is 0.290. The van der Waals surface area contributed by atoms with E-state index in [1.807, 2.05) is 49.5 Å². The summed E-state index contributed by atoms with van der Waals surface area (Å²) in [6.45, 7) is 2.58. The molecule has 3 N–H and O–H groups in total. The molecule has 6 rings (SSSR count). The van der Waals surface area contributed by atoms with Crippen molar-refractivity contribution in [2.45, 2.75) is 44.8 Å². The first-order chi connectivity index (χ1) is 20.8. The maximum Gasteiger partial charge on any atom is 0.306 e. The number of rotatable bonds is 9. The molecule has 11 nitrogen and oxygen atoms in total. The lowest BCUT2D eigenvalue weighted by Gasteiger charge is -2.32. The van der Waals surface area contributed by atoms with Crippen LogP contribution < -0.4 is 10.1 Å². The average molecular weight is 598 g/mol. The second-order valence-corrected chi connectivity index (χ2v) is 11.8. The van der Waals surface area contributed by atoms with Crippen molar-refractivity contribution in [2.24, 2.45) is 5.92 Å². The van der Waals surface area contributed by atoms with Crippen LogP contribution in [0.3, 0.4) is 0 Å². The molecule has 0 spiro atoms. The Balaban J connectivity index is 1.16. The second kappa shape index (κ2) is 11.9. The lowest BCUT2D eigenvalue weighted by molar-refractivity contribution is -0.145. The third kappa shape index (κ3) is 6.40. The van der Waals surface area contributed by atoms with Crippen LogP contribution >= 0.6 is 11.3 Å². The van der Waals surface area contributed by atoms with E-state index in [-0.39, 0.29) is 0 Å². The molecule has 2 aromatic carbocycles. The Morgan fingerprint density at radius 1 is 1.12 bits per heavy atom. The van der Waals surface area contributed by atoms with Gasteiger partial charge in [-0.2, -0.15) is 0 Å². The molecule has 0 bridgehead atoms. The molecule has 1 saturated carbocycles. The minimum atomic E-state index is -1.09. The summed E-state index contributed by atoms with van der Waals surface area (Å²) >= 11 is 1.44. The summed E-state index contributed by atoms with van der Waals surface area (Å²) in [5.74, 6) is 0.0227. The summed E-state index contributed by atoms with van der Waals surface area (Å²) in [5, 5.41) is 33.0. The van der Waals surface area contributed by atoms with Gasteiger partial charge in [0.05, 0.1) is 36.3 Å². The van der Waals surface area contributed by atoms with Crippen molar-refractivity contribution in [3.63, 3.8) is 0 Å². The SMILES string of the molecule is COc1ccc(Cn2cc(-c3ccnc(Nc4cc(C)cc(-c5cnc([C@]6(O)CC[C@@H](C(=O)O)CC6)s5)c4)n3)nn2)cc1. The van der Waals surface area contributed by atoms with Gasteiger partial charge in [0, 0.05) is 18.1 Å². The minimum absolute atomic E-state index is 0.389. The van der Waals surface area contributed by atoms with E-state index in [0.717, 1.165) is 33.0 Å². The van der Waals surface area contributed by atoms with Crippen molar-refractivity contribution in [3.8, 4) is 27.6 Å². The van der Waals surface area contributed by atoms with Crippen molar-refractivity contribution in [1.29, 1.82) is 0 Å². The predicted molar refractivity (Wildman–Crippen MR) is 162 cm³/mol. The first kappa shape index (κ1) is 28.4. The zero-order valence-corrected chi connectivity index (χ0v) is 24.6. The standard InChI is InChI=1S/C31H31N7O4S/c1-19-13-22(27-16-33-29(43-27)31(41)10-7-21(8-11-31)28(39)40)15-23(14-19)34-30-32-12-9-25(35-30)26-18-38(37-36-26)17-20-3-5-24(42-2)6-4-20/h3-6,9,12-16,18,21,41H,7-8,10-11,17H2,1-2H3,(H,39,40)(H,32,34,35)/t21-,31+. The topological polar surface area (TPSA) is 148 Å². The summed E-state index contributed by atoms with van der Waals surface area (Å²) in [6.07, 6.45) is 6.96. The van der Waals surface area contributed by atoms with Crippen molar-refractivity contribution >= 4 is 28.9 Å². The van der Waals surface area contributed by atoms with Crippen molar-refractivity contribution in [3.05, 3.63) is 83.3 Å². The molecule has 0 amide bonds. The molecule has 0 saturated heterocycles. The van der Waals surface area contributed by atoms with E-state index in [4.69, 9.17) is 4.74 Å². The Morgan fingerprint density at radius 2 is 1.91 bits per heavy atom. The number of carboxylic acids is 1. The Labute approximate surface area is 252 Å². The third-order valence-electron chi connectivity index (χ3n) is 7.64. The Bertz CT molecular complexity index is 1740. The van der Waals surface area contributed by atoms with E-state index in [0.29, 0.717) is 54.6 Å². The molecule has 0 aliphatic heterocycles. The third-order valence-corrected chi connectivity index (χ3v) is 8.88. The van der Waals surface area contributed by atoms with E-state index >= 15 is 0 Å². The van der Waals surface area contributed by atoms with Gasteiger partial charge in [0.2, 0.25) is 5.95 Å². The van der Waals surface area contributed by atoms with Gasteiger partial charge in [-0.1, -0.05) is 23.4 Å². The van der Waals surface area contributed by atoms with Gasteiger partial charge < -0.3 is 20.3 Å². The number of carboxylic acid groups (broad SMARTS) is 1.